The predicted molar refractivity (Wildman–Crippen MR) is 122 cm³/mol. The van der Waals surface area contributed by atoms with Crippen molar-refractivity contribution in [3.63, 3.8) is 0 Å². The van der Waals surface area contributed by atoms with Crippen molar-refractivity contribution in [2.45, 2.75) is 83.9 Å². The number of methoxy groups -OCH3 is 2. The average Bonchev–Trinajstić information content (AvgIpc) is 3.17. The van der Waals surface area contributed by atoms with E-state index in [9.17, 15) is 0 Å². The van der Waals surface area contributed by atoms with Crippen molar-refractivity contribution in [2.24, 2.45) is 5.41 Å². The SMILES string of the molecule is CCCn1nnnc1C(NCCc1cc(OC)c(OC2CCCC2)c(OC)c1)C1(C)CC1. The minimum atomic E-state index is 0.151. The van der Waals surface area contributed by atoms with Crippen LogP contribution in [-0.2, 0) is 13.0 Å². The van der Waals surface area contributed by atoms with Crippen LogP contribution in [0.3, 0.4) is 0 Å². The lowest BCUT2D eigenvalue weighted by Crippen LogP contribution is -2.32. The fourth-order valence-corrected chi connectivity index (χ4v) is 4.65. The molecular weight excluding hydrogens is 406 g/mol. The molecule has 2 aromatic rings. The summed E-state index contributed by atoms with van der Waals surface area (Å²) in [5.74, 6) is 3.15. The first-order chi connectivity index (χ1) is 15.6. The van der Waals surface area contributed by atoms with E-state index in [0.29, 0.717) is 0 Å². The van der Waals surface area contributed by atoms with Gasteiger partial charge in [0.1, 0.15) is 0 Å². The van der Waals surface area contributed by atoms with Crippen molar-refractivity contribution in [3.05, 3.63) is 23.5 Å². The van der Waals surface area contributed by atoms with Gasteiger partial charge in [-0.2, -0.15) is 0 Å². The summed E-state index contributed by atoms with van der Waals surface area (Å²) in [6.07, 6.45) is 9.12. The zero-order valence-electron chi connectivity index (χ0n) is 19.9. The first-order valence-corrected chi connectivity index (χ1v) is 12.0. The van der Waals surface area contributed by atoms with E-state index >= 15 is 0 Å². The third-order valence-corrected chi connectivity index (χ3v) is 6.86. The van der Waals surface area contributed by atoms with E-state index in [0.717, 1.165) is 67.4 Å². The molecule has 1 atom stereocenters. The van der Waals surface area contributed by atoms with Crippen LogP contribution in [0.15, 0.2) is 12.1 Å². The van der Waals surface area contributed by atoms with Crippen LogP contribution in [0.4, 0.5) is 0 Å². The van der Waals surface area contributed by atoms with E-state index in [2.05, 4.69) is 46.8 Å². The standard InChI is InChI=1S/C24H37N5O3/c1-5-14-29-23(26-27-28-29)22(24(2)11-12-24)25-13-10-17-15-19(30-3)21(20(16-17)31-4)32-18-8-6-7-9-18/h15-16,18,22,25H,5-14H2,1-4H3. The van der Waals surface area contributed by atoms with Crippen LogP contribution in [0.1, 0.15) is 76.2 Å². The second-order valence-electron chi connectivity index (χ2n) is 9.41. The van der Waals surface area contributed by atoms with Crippen LogP contribution in [0, 0.1) is 5.41 Å². The molecule has 2 aliphatic rings. The largest absolute Gasteiger partial charge is 0.493 e. The van der Waals surface area contributed by atoms with Crippen molar-refractivity contribution in [2.75, 3.05) is 20.8 Å². The molecule has 0 bridgehead atoms. The molecule has 0 amide bonds. The molecule has 8 nitrogen and oxygen atoms in total. The number of benzene rings is 1. The van der Waals surface area contributed by atoms with Crippen molar-refractivity contribution in [3.8, 4) is 17.2 Å². The molecule has 2 saturated carbocycles. The van der Waals surface area contributed by atoms with E-state index in [1.54, 1.807) is 14.2 Å². The van der Waals surface area contributed by atoms with Gasteiger partial charge in [0.05, 0.1) is 26.4 Å². The van der Waals surface area contributed by atoms with Gasteiger partial charge in [0.25, 0.3) is 0 Å². The molecule has 0 aliphatic heterocycles. The van der Waals surface area contributed by atoms with Crippen LogP contribution in [0.25, 0.3) is 0 Å². The summed E-state index contributed by atoms with van der Waals surface area (Å²) in [6.45, 7) is 6.12. The first kappa shape index (κ1) is 22.8. The molecule has 176 valence electrons. The zero-order valence-corrected chi connectivity index (χ0v) is 19.9. The molecule has 2 aliphatic carbocycles. The van der Waals surface area contributed by atoms with Crippen molar-refractivity contribution in [1.82, 2.24) is 25.5 Å². The van der Waals surface area contributed by atoms with Gasteiger partial charge < -0.3 is 19.5 Å². The molecule has 0 radical (unpaired) electrons. The summed E-state index contributed by atoms with van der Waals surface area (Å²) in [6, 6.07) is 4.30. The summed E-state index contributed by atoms with van der Waals surface area (Å²) in [5, 5.41) is 16.3. The summed E-state index contributed by atoms with van der Waals surface area (Å²) in [5.41, 5.74) is 1.37. The van der Waals surface area contributed by atoms with Crippen molar-refractivity contribution in [1.29, 1.82) is 0 Å². The molecule has 0 saturated heterocycles. The van der Waals surface area contributed by atoms with Gasteiger partial charge in [0, 0.05) is 6.54 Å². The van der Waals surface area contributed by atoms with E-state index < -0.39 is 0 Å². The van der Waals surface area contributed by atoms with Crippen LogP contribution in [0.2, 0.25) is 0 Å². The molecule has 1 N–H and O–H groups in total. The number of nitrogens with one attached hydrogen (secondary N) is 1. The molecule has 8 heteroatoms. The van der Waals surface area contributed by atoms with Gasteiger partial charge in [-0.3, -0.25) is 0 Å². The number of tetrazole rings is 1. The summed E-state index contributed by atoms with van der Waals surface area (Å²) < 4.78 is 19.6. The van der Waals surface area contributed by atoms with Gasteiger partial charge in [0.2, 0.25) is 5.75 Å². The Bertz CT molecular complexity index is 865. The molecule has 0 spiro atoms. The normalized spacial score (nSPS) is 18.5. The Morgan fingerprint density at radius 2 is 1.84 bits per heavy atom. The Labute approximate surface area is 191 Å². The zero-order chi connectivity index (χ0) is 22.6. The Hall–Kier alpha value is -2.35. The van der Waals surface area contributed by atoms with E-state index in [1.165, 1.54) is 25.7 Å². The van der Waals surface area contributed by atoms with Gasteiger partial charge in [-0.1, -0.05) is 13.8 Å². The minimum Gasteiger partial charge on any atom is -0.493 e. The molecule has 1 unspecified atom stereocenters. The fourth-order valence-electron chi connectivity index (χ4n) is 4.65. The number of ether oxygens (including phenoxy) is 3. The Kier molecular flexibility index (Phi) is 7.18. The summed E-state index contributed by atoms with van der Waals surface area (Å²) >= 11 is 0. The highest BCUT2D eigenvalue weighted by Gasteiger charge is 2.47. The van der Waals surface area contributed by atoms with Gasteiger partial charge in [0.15, 0.2) is 17.3 Å². The topological polar surface area (TPSA) is 83.3 Å². The highest BCUT2D eigenvalue weighted by molar-refractivity contribution is 5.54. The minimum absolute atomic E-state index is 0.151. The van der Waals surface area contributed by atoms with Gasteiger partial charge >= 0.3 is 0 Å². The number of rotatable bonds is 12. The highest BCUT2D eigenvalue weighted by Crippen LogP contribution is 2.54. The van der Waals surface area contributed by atoms with Crippen LogP contribution < -0.4 is 19.5 Å². The first-order valence-electron chi connectivity index (χ1n) is 12.0. The lowest BCUT2D eigenvalue weighted by molar-refractivity contribution is 0.191. The summed E-state index contributed by atoms with van der Waals surface area (Å²) in [7, 11) is 3.38. The molecule has 2 fully saturated rings. The fraction of sp³-hybridized carbons (Fsp3) is 0.708. The third kappa shape index (κ3) is 5.00. The molecule has 1 aromatic carbocycles. The molecule has 32 heavy (non-hydrogen) atoms. The Balaban J connectivity index is 1.45. The number of hydrogen-bond donors (Lipinski definition) is 1. The number of aryl methyl sites for hydroxylation is 1. The quantitative estimate of drug-likeness (QED) is 0.529. The number of hydrogen-bond acceptors (Lipinski definition) is 7. The average molecular weight is 444 g/mol. The maximum Gasteiger partial charge on any atom is 0.203 e. The smallest absolute Gasteiger partial charge is 0.203 e. The second-order valence-corrected chi connectivity index (χ2v) is 9.41. The van der Waals surface area contributed by atoms with Crippen LogP contribution >= 0.6 is 0 Å². The van der Waals surface area contributed by atoms with Gasteiger partial charge in [-0.05, 0) is 91.4 Å². The van der Waals surface area contributed by atoms with Gasteiger partial charge in [-0.15, -0.1) is 5.10 Å². The second kappa shape index (κ2) is 10.1. The van der Waals surface area contributed by atoms with Crippen LogP contribution in [-0.4, -0.2) is 47.1 Å². The summed E-state index contributed by atoms with van der Waals surface area (Å²) in [4.78, 5) is 0. The number of nitrogens with zero attached hydrogens (tertiary/aromatic N) is 4. The van der Waals surface area contributed by atoms with E-state index in [4.69, 9.17) is 14.2 Å². The number of aromatic nitrogens is 4. The molecule has 1 heterocycles. The lowest BCUT2D eigenvalue weighted by Gasteiger charge is -2.24. The van der Waals surface area contributed by atoms with Gasteiger partial charge in [-0.25, -0.2) is 4.68 Å². The molecule has 4 rings (SSSR count). The maximum absolute atomic E-state index is 6.26. The Morgan fingerprint density at radius 1 is 1.16 bits per heavy atom. The van der Waals surface area contributed by atoms with E-state index in [-0.39, 0.29) is 17.6 Å². The highest BCUT2D eigenvalue weighted by atomic mass is 16.5. The van der Waals surface area contributed by atoms with Crippen LogP contribution in [0.5, 0.6) is 17.2 Å². The van der Waals surface area contributed by atoms with Crippen molar-refractivity contribution < 1.29 is 14.2 Å². The third-order valence-electron chi connectivity index (χ3n) is 6.86. The molecular formula is C24H37N5O3. The monoisotopic (exact) mass is 443 g/mol. The van der Waals surface area contributed by atoms with Crippen molar-refractivity contribution >= 4 is 0 Å². The molecule has 1 aromatic heterocycles. The maximum atomic E-state index is 6.26. The van der Waals surface area contributed by atoms with E-state index in [1.807, 2.05) is 4.68 Å². The lowest BCUT2D eigenvalue weighted by atomic mass is 9.97. The predicted octanol–water partition coefficient (Wildman–Crippen LogP) is 4.10. The Morgan fingerprint density at radius 3 is 2.44 bits per heavy atom.